The minimum atomic E-state index is -1.75. The molecule has 0 aliphatic carbocycles. The number of hydrogen-bond donors (Lipinski definition) is 1. The van der Waals surface area contributed by atoms with Gasteiger partial charge in [0, 0.05) is 0 Å². The summed E-state index contributed by atoms with van der Waals surface area (Å²) in [7, 11) is 14.8. The van der Waals surface area contributed by atoms with E-state index in [1.807, 2.05) is 0 Å². The van der Waals surface area contributed by atoms with E-state index in [-0.39, 0.29) is 0 Å². The zero-order chi connectivity index (χ0) is 8.41. The summed E-state index contributed by atoms with van der Waals surface area (Å²) in [5.41, 5.74) is 0. The van der Waals surface area contributed by atoms with E-state index < -0.39 is 13.0 Å². The first kappa shape index (κ1) is 13.7. The standard InChI is InChI=1S/C5H11N.3ClH.Ru/c1-2-3-4-5-6;;;;/h5-6H,2-4H2,1H3;3*1H;/q;;;;+3/p-3. The summed E-state index contributed by atoms with van der Waals surface area (Å²) in [6, 6.07) is 0. The Morgan fingerprint density at radius 3 is 1.90 bits per heavy atom. The van der Waals surface area contributed by atoms with Crippen LogP contribution in [0.1, 0.15) is 26.2 Å². The van der Waals surface area contributed by atoms with Crippen molar-refractivity contribution in [3.8, 4) is 0 Å². The Kier molecular flexibility index (Phi) is 17.6. The summed E-state index contributed by atoms with van der Waals surface area (Å²) in [6.07, 6.45) is 4.79. The molecule has 0 spiro atoms. The van der Waals surface area contributed by atoms with Crippen LogP contribution in [-0.2, 0) is 13.0 Å². The van der Waals surface area contributed by atoms with E-state index in [2.05, 4.69) is 6.92 Å². The fourth-order valence-corrected chi connectivity index (χ4v) is 0.306. The SMILES string of the molecule is CCCCC=N.[Cl][Ru]([Cl])[Cl]. The Bertz CT molecular complexity index is 67.2. The van der Waals surface area contributed by atoms with Gasteiger partial charge in [-0.3, -0.25) is 0 Å². The first-order valence-electron chi connectivity index (χ1n) is 2.80. The molecule has 0 atom stereocenters. The van der Waals surface area contributed by atoms with E-state index in [1.54, 1.807) is 0 Å². The van der Waals surface area contributed by atoms with Crippen molar-refractivity contribution in [3.63, 3.8) is 0 Å². The van der Waals surface area contributed by atoms with Crippen molar-refractivity contribution in [2.45, 2.75) is 26.2 Å². The molecule has 0 heterocycles. The zero-order valence-corrected chi connectivity index (χ0v) is 9.69. The molecule has 0 amide bonds. The Hall–Kier alpha value is 1.16. The van der Waals surface area contributed by atoms with Gasteiger partial charge in [-0.2, -0.15) is 0 Å². The topological polar surface area (TPSA) is 23.9 Å². The number of unbranched alkanes of at least 4 members (excludes halogenated alkanes) is 2. The van der Waals surface area contributed by atoms with Gasteiger partial charge in [-0.15, -0.1) is 0 Å². The van der Waals surface area contributed by atoms with Crippen LogP contribution < -0.4 is 0 Å². The van der Waals surface area contributed by atoms with Crippen molar-refractivity contribution in [2.75, 3.05) is 0 Å². The van der Waals surface area contributed by atoms with E-state index in [1.165, 1.54) is 19.1 Å². The summed E-state index contributed by atoms with van der Waals surface area (Å²) in [5, 5.41) is 6.58. The minimum absolute atomic E-state index is 0.955. The van der Waals surface area contributed by atoms with Crippen LogP contribution in [0.2, 0.25) is 0 Å². The second-order valence-electron chi connectivity index (χ2n) is 1.50. The first-order chi connectivity index (χ1) is 4.65. The van der Waals surface area contributed by atoms with Crippen LogP contribution in [-0.4, -0.2) is 6.21 Å². The number of halogens is 3. The molecule has 0 saturated heterocycles. The second kappa shape index (κ2) is 12.8. The van der Waals surface area contributed by atoms with Crippen molar-refractivity contribution >= 4 is 35.3 Å². The van der Waals surface area contributed by atoms with E-state index in [0.29, 0.717) is 0 Å². The Labute approximate surface area is 79.6 Å². The monoisotopic (exact) mass is 292 g/mol. The van der Waals surface area contributed by atoms with Gasteiger partial charge in [0.2, 0.25) is 0 Å². The molecule has 1 N–H and O–H groups in total. The van der Waals surface area contributed by atoms with Gasteiger partial charge in [0.25, 0.3) is 0 Å². The molecule has 1 nitrogen and oxygen atoms in total. The molecule has 0 rings (SSSR count). The van der Waals surface area contributed by atoms with Crippen molar-refractivity contribution in [3.05, 3.63) is 0 Å². The van der Waals surface area contributed by atoms with Crippen molar-refractivity contribution in [1.82, 2.24) is 0 Å². The van der Waals surface area contributed by atoms with Gasteiger partial charge in [-0.05, 0) is 19.1 Å². The van der Waals surface area contributed by atoms with Gasteiger partial charge in [0.05, 0.1) is 0 Å². The molecule has 10 heavy (non-hydrogen) atoms. The maximum absolute atomic E-state index is 6.58. The molecule has 0 unspecified atom stereocenters. The second-order valence-corrected chi connectivity index (χ2v) is 9.41. The quantitative estimate of drug-likeness (QED) is 0.463. The van der Waals surface area contributed by atoms with Gasteiger partial charge in [-0.1, -0.05) is 13.3 Å². The van der Waals surface area contributed by atoms with E-state index in [4.69, 9.17) is 34.5 Å². The van der Waals surface area contributed by atoms with Crippen LogP contribution in [0.25, 0.3) is 0 Å². The first-order valence-corrected chi connectivity index (χ1v) is 9.52. The average molecular weight is 293 g/mol. The zero-order valence-electron chi connectivity index (χ0n) is 5.69. The third kappa shape index (κ3) is 35.2. The molecule has 0 aromatic heterocycles. The van der Waals surface area contributed by atoms with Crippen LogP contribution in [0.4, 0.5) is 0 Å². The molecule has 0 aromatic rings. The van der Waals surface area contributed by atoms with Gasteiger partial charge in [-0.25, -0.2) is 0 Å². The third-order valence-corrected chi connectivity index (χ3v) is 0.702. The summed E-state index contributed by atoms with van der Waals surface area (Å²) in [4.78, 5) is 0. The molecule has 5 heteroatoms. The molecular formula is C5H11Cl3NRu. The van der Waals surface area contributed by atoms with E-state index >= 15 is 0 Å². The van der Waals surface area contributed by atoms with Crippen molar-refractivity contribution < 1.29 is 13.0 Å². The fourth-order valence-electron chi connectivity index (χ4n) is 0.306. The van der Waals surface area contributed by atoms with Crippen LogP contribution >= 0.6 is 29.1 Å². The Morgan fingerprint density at radius 1 is 1.40 bits per heavy atom. The molecule has 0 aliphatic heterocycles. The molecule has 0 fully saturated rings. The summed E-state index contributed by atoms with van der Waals surface area (Å²) >= 11 is -1.75. The summed E-state index contributed by atoms with van der Waals surface area (Å²) in [6.45, 7) is 2.13. The molecule has 65 valence electrons. The normalized spacial score (nSPS) is 9.40. The molecule has 0 saturated carbocycles. The third-order valence-electron chi connectivity index (χ3n) is 0.702. The van der Waals surface area contributed by atoms with E-state index in [0.717, 1.165) is 6.42 Å². The van der Waals surface area contributed by atoms with Gasteiger partial charge in [0.15, 0.2) is 0 Å². The van der Waals surface area contributed by atoms with Gasteiger partial charge in [0.1, 0.15) is 0 Å². The van der Waals surface area contributed by atoms with Crippen LogP contribution in [0.5, 0.6) is 0 Å². The summed E-state index contributed by atoms with van der Waals surface area (Å²) in [5.74, 6) is 0. The predicted molar refractivity (Wildman–Crippen MR) is 45.9 cm³/mol. The number of hydrogen-bond acceptors (Lipinski definition) is 1. The Balaban J connectivity index is 0. The number of nitrogens with one attached hydrogen (secondary N) is 1. The molecule has 0 radical (unpaired) electrons. The molecular weight excluding hydrogens is 281 g/mol. The molecule has 0 bridgehead atoms. The average Bonchev–Trinajstić information content (AvgIpc) is 1.82. The summed E-state index contributed by atoms with van der Waals surface area (Å²) < 4.78 is 0. The predicted octanol–water partition coefficient (Wildman–Crippen LogP) is 3.89. The van der Waals surface area contributed by atoms with Gasteiger partial charge < -0.3 is 5.41 Å². The fraction of sp³-hybridized carbons (Fsp3) is 0.800. The molecule has 0 aromatic carbocycles. The number of rotatable bonds is 3. The van der Waals surface area contributed by atoms with Crippen molar-refractivity contribution in [2.24, 2.45) is 0 Å². The van der Waals surface area contributed by atoms with Gasteiger partial charge >= 0.3 is 42.1 Å². The maximum atomic E-state index is 6.58. The Morgan fingerprint density at radius 2 is 1.80 bits per heavy atom. The van der Waals surface area contributed by atoms with E-state index in [9.17, 15) is 0 Å². The molecule has 0 aliphatic rings. The van der Waals surface area contributed by atoms with Crippen LogP contribution in [0, 0.1) is 5.41 Å². The van der Waals surface area contributed by atoms with Crippen LogP contribution in [0.15, 0.2) is 0 Å². The van der Waals surface area contributed by atoms with Crippen LogP contribution in [0.3, 0.4) is 0 Å². The van der Waals surface area contributed by atoms with Crippen molar-refractivity contribution in [1.29, 1.82) is 5.41 Å².